The van der Waals surface area contributed by atoms with Crippen LogP contribution in [-0.4, -0.2) is 18.1 Å². The lowest BCUT2D eigenvalue weighted by atomic mass is 10.2. The van der Waals surface area contributed by atoms with Crippen molar-refractivity contribution >= 4 is 21.8 Å². The Balaban J connectivity index is 2.01. The highest BCUT2D eigenvalue weighted by Gasteiger charge is 2.06. The summed E-state index contributed by atoms with van der Waals surface area (Å²) in [6.07, 6.45) is 0. The minimum absolute atomic E-state index is 0.0792. The quantitative estimate of drug-likeness (QED) is 0.902. The first-order valence-corrected chi connectivity index (χ1v) is 6.79. The molecule has 0 aliphatic rings. The number of nitrogens with one attached hydrogen (secondary N) is 1. The molecule has 0 heterocycles. The first-order chi connectivity index (χ1) is 9.60. The number of rotatable bonds is 4. The Hall–Kier alpha value is -2.01. The highest BCUT2D eigenvalue weighted by Crippen LogP contribution is 2.26. The van der Waals surface area contributed by atoms with Gasteiger partial charge in [0.25, 0.3) is 5.91 Å². The number of phenols is 1. The summed E-state index contributed by atoms with van der Waals surface area (Å²) in [7, 11) is 1.49. The average Bonchev–Trinajstić information content (AvgIpc) is 2.46. The van der Waals surface area contributed by atoms with Crippen molar-refractivity contribution in [2.24, 2.45) is 0 Å². The molecule has 20 heavy (non-hydrogen) atoms. The SMILES string of the molecule is COc1cc(CNC(=O)c2ccc(Br)cc2)ccc1O. The highest BCUT2D eigenvalue weighted by atomic mass is 79.9. The van der Waals surface area contributed by atoms with E-state index in [4.69, 9.17) is 4.74 Å². The van der Waals surface area contributed by atoms with Gasteiger partial charge in [0.2, 0.25) is 0 Å². The van der Waals surface area contributed by atoms with Crippen LogP contribution in [0, 0.1) is 0 Å². The smallest absolute Gasteiger partial charge is 0.251 e. The zero-order chi connectivity index (χ0) is 14.5. The number of phenolic OH excluding ortho intramolecular Hbond substituents is 1. The van der Waals surface area contributed by atoms with Crippen molar-refractivity contribution in [3.05, 3.63) is 58.1 Å². The molecule has 0 spiro atoms. The molecule has 4 nitrogen and oxygen atoms in total. The number of methoxy groups -OCH3 is 1. The Morgan fingerprint density at radius 1 is 1.25 bits per heavy atom. The van der Waals surface area contributed by atoms with Crippen molar-refractivity contribution < 1.29 is 14.6 Å². The van der Waals surface area contributed by atoms with E-state index >= 15 is 0 Å². The molecular weight excluding hydrogens is 322 g/mol. The van der Waals surface area contributed by atoms with Gasteiger partial charge in [-0.25, -0.2) is 0 Å². The molecule has 104 valence electrons. The van der Waals surface area contributed by atoms with Crippen molar-refractivity contribution in [2.45, 2.75) is 6.54 Å². The highest BCUT2D eigenvalue weighted by molar-refractivity contribution is 9.10. The molecule has 2 aromatic rings. The molecule has 0 saturated heterocycles. The van der Waals surface area contributed by atoms with E-state index < -0.39 is 0 Å². The Morgan fingerprint density at radius 2 is 1.95 bits per heavy atom. The number of amides is 1. The predicted octanol–water partition coefficient (Wildman–Crippen LogP) is 3.09. The van der Waals surface area contributed by atoms with Gasteiger partial charge in [-0.2, -0.15) is 0 Å². The van der Waals surface area contributed by atoms with Crippen LogP contribution < -0.4 is 10.1 Å². The van der Waals surface area contributed by atoms with Gasteiger partial charge in [-0.3, -0.25) is 4.79 Å². The van der Waals surface area contributed by atoms with Gasteiger partial charge in [-0.05, 0) is 42.0 Å². The van der Waals surface area contributed by atoms with Crippen molar-refractivity contribution in [1.29, 1.82) is 0 Å². The van der Waals surface area contributed by atoms with Gasteiger partial charge >= 0.3 is 0 Å². The van der Waals surface area contributed by atoms with E-state index in [1.54, 1.807) is 30.3 Å². The molecule has 2 aromatic carbocycles. The lowest BCUT2D eigenvalue weighted by Gasteiger charge is -2.08. The second-order valence-electron chi connectivity index (χ2n) is 4.20. The Kier molecular flexibility index (Phi) is 4.63. The number of halogens is 1. The van der Waals surface area contributed by atoms with Gasteiger partial charge in [-0.15, -0.1) is 0 Å². The molecule has 0 saturated carbocycles. The number of benzene rings is 2. The molecule has 0 fully saturated rings. The standard InChI is InChI=1S/C15H14BrNO3/c1-20-14-8-10(2-7-13(14)18)9-17-15(19)11-3-5-12(16)6-4-11/h2-8,18H,9H2,1H3,(H,17,19). The van der Waals surface area contributed by atoms with Crippen LogP contribution >= 0.6 is 15.9 Å². The lowest BCUT2D eigenvalue weighted by molar-refractivity contribution is 0.0951. The minimum atomic E-state index is -0.149. The van der Waals surface area contributed by atoms with Crippen LogP contribution in [-0.2, 0) is 6.54 Å². The Labute approximate surface area is 125 Å². The first-order valence-electron chi connectivity index (χ1n) is 6.00. The topological polar surface area (TPSA) is 58.6 Å². The third-order valence-corrected chi connectivity index (χ3v) is 3.33. The largest absolute Gasteiger partial charge is 0.504 e. The van der Waals surface area contributed by atoms with Gasteiger partial charge in [0.1, 0.15) is 0 Å². The predicted molar refractivity (Wildman–Crippen MR) is 80.0 cm³/mol. The maximum absolute atomic E-state index is 11.9. The van der Waals surface area contributed by atoms with Gasteiger partial charge in [0, 0.05) is 16.6 Å². The van der Waals surface area contributed by atoms with Gasteiger partial charge in [0.05, 0.1) is 7.11 Å². The summed E-state index contributed by atoms with van der Waals surface area (Å²) in [6.45, 7) is 0.367. The molecule has 0 aliphatic carbocycles. The number of aromatic hydroxyl groups is 1. The van der Waals surface area contributed by atoms with Crippen molar-refractivity contribution in [3.63, 3.8) is 0 Å². The molecule has 2 N–H and O–H groups in total. The second kappa shape index (κ2) is 6.43. The fourth-order valence-corrected chi connectivity index (χ4v) is 1.98. The van der Waals surface area contributed by atoms with E-state index in [-0.39, 0.29) is 11.7 Å². The van der Waals surface area contributed by atoms with Gasteiger partial charge < -0.3 is 15.2 Å². The van der Waals surface area contributed by atoms with Crippen molar-refractivity contribution in [3.8, 4) is 11.5 Å². The second-order valence-corrected chi connectivity index (χ2v) is 5.11. The molecule has 1 amide bonds. The number of ether oxygens (including phenoxy) is 1. The maximum Gasteiger partial charge on any atom is 0.251 e. The monoisotopic (exact) mass is 335 g/mol. The maximum atomic E-state index is 11.9. The van der Waals surface area contributed by atoms with E-state index in [9.17, 15) is 9.90 Å². The van der Waals surface area contributed by atoms with E-state index in [2.05, 4.69) is 21.2 Å². The minimum Gasteiger partial charge on any atom is -0.504 e. The van der Waals surface area contributed by atoms with Crippen LogP contribution in [0.2, 0.25) is 0 Å². The summed E-state index contributed by atoms with van der Waals surface area (Å²) in [4.78, 5) is 11.9. The van der Waals surface area contributed by atoms with Crippen LogP contribution in [0.15, 0.2) is 46.9 Å². The van der Waals surface area contributed by atoms with E-state index in [0.717, 1.165) is 10.0 Å². The fraction of sp³-hybridized carbons (Fsp3) is 0.133. The van der Waals surface area contributed by atoms with Gasteiger partial charge in [0.15, 0.2) is 11.5 Å². The third kappa shape index (κ3) is 3.51. The summed E-state index contributed by atoms with van der Waals surface area (Å²) < 4.78 is 5.95. The number of hydrogen-bond donors (Lipinski definition) is 2. The third-order valence-electron chi connectivity index (χ3n) is 2.80. The van der Waals surface area contributed by atoms with Crippen LogP contribution in [0.4, 0.5) is 0 Å². The van der Waals surface area contributed by atoms with Crippen molar-refractivity contribution in [2.75, 3.05) is 7.11 Å². The summed E-state index contributed by atoms with van der Waals surface area (Å²) in [5, 5.41) is 12.3. The summed E-state index contributed by atoms with van der Waals surface area (Å²) in [5.41, 5.74) is 1.45. The normalized spacial score (nSPS) is 10.1. The van der Waals surface area contributed by atoms with Gasteiger partial charge in [-0.1, -0.05) is 22.0 Å². The molecule has 0 atom stereocenters. The molecule has 2 rings (SSSR count). The van der Waals surface area contributed by atoms with Crippen molar-refractivity contribution in [1.82, 2.24) is 5.32 Å². The van der Waals surface area contributed by atoms with Crippen LogP contribution in [0.1, 0.15) is 15.9 Å². The molecule has 0 aromatic heterocycles. The molecule has 0 radical (unpaired) electrons. The number of hydrogen-bond acceptors (Lipinski definition) is 3. The van der Waals surface area contributed by atoms with Crippen LogP contribution in [0.3, 0.4) is 0 Å². The Morgan fingerprint density at radius 3 is 2.60 bits per heavy atom. The van der Waals surface area contributed by atoms with E-state index in [1.807, 2.05) is 12.1 Å². The summed E-state index contributed by atoms with van der Waals surface area (Å²) in [6, 6.07) is 12.1. The zero-order valence-corrected chi connectivity index (χ0v) is 12.5. The lowest BCUT2D eigenvalue weighted by Crippen LogP contribution is -2.22. The number of carbonyl (C=O) groups is 1. The summed E-state index contributed by atoms with van der Waals surface area (Å²) in [5.74, 6) is 0.320. The van der Waals surface area contributed by atoms with E-state index in [1.165, 1.54) is 7.11 Å². The Bertz CT molecular complexity index is 611. The average molecular weight is 336 g/mol. The molecular formula is C15H14BrNO3. The molecule has 5 heteroatoms. The van der Waals surface area contributed by atoms with Crippen LogP contribution in [0.5, 0.6) is 11.5 Å². The van der Waals surface area contributed by atoms with E-state index in [0.29, 0.717) is 17.9 Å². The fourth-order valence-electron chi connectivity index (χ4n) is 1.72. The summed E-state index contributed by atoms with van der Waals surface area (Å²) >= 11 is 3.32. The molecule has 0 aliphatic heterocycles. The number of carbonyl (C=O) groups excluding carboxylic acids is 1. The van der Waals surface area contributed by atoms with Crippen LogP contribution in [0.25, 0.3) is 0 Å². The molecule has 0 unspecified atom stereocenters. The zero-order valence-electron chi connectivity index (χ0n) is 10.9. The molecule has 0 bridgehead atoms. The first kappa shape index (κ1) is 14.4.